The van der Waals surface area contributed by atoms with E-state index in [4.69, 9.17) is 5.73 Å². The quantitative estimate of drug-likeness (QED) is 0.610. The average Bonchev–Trinajstić information content (AvgIpc) is 2.28. The number of nitro benzene ring substituents is 1. The van der Waals surface area contributed by atoms with Crippen LogP contribution in [0.25, 0.3) is 0 Å². The maximum Gasteiger partial charge on any atom is 0.273 e. The molecule has 0 fully saturated rings. The molecule has 98 valence electrons. The van der Waals surface area contributed by atoms with Crippen molar-refractivity contribution >= 4 is 11.6 Å². The van der Waals surface area contributed by atoms with Crippen LogP contribution in [0.5, 0.6) is 0 Å². The third-order valence-electron chi connectivity index (χ3n) is 2.55. The van der Waals surface area contributed by atoms with E-state index in [0.29, 0.717) is 18.5 Å². The highest BCUT2D eigenvalue weighted by Crippen LogP contribution is 2.19. The second-order valence-corrected chi connectivity index (χ2v) is 4.28. The van der Waals surface area contributed by atoms with E-state index in [1.165, 1.54) is 6.07 Å². The fourth-order valence-corrected chi connectivity index (χ4v) is 1.46. The maximum absolute atomic E-state index is 11.7. The molecule has 18 heavy (non-hydrogen) atoms. The van der Waals surface area contributed by atoms with E-state index in [9.17, 15) is 14.9 Å². The number of rotatable bonds is 5. The van der Waals surface area contributed by atoms with Gasteiger partial charge in [-0.1, -0.05) is 6.07 Å². The monoisotopic (exact) mass is 251 g/mol. The summed E-state index contributed by atoms with van der Waals surface area (Å²) in [5.41, 5.74) is 6.34. The highest BCUT2D eigenvalue weighted by Gasteiger charge is 2.14. The number of nitro groups is 1. The Hall–Kier alpha value is -1.95. The zero-order chi connectivity index (χ0) is 13.7. The van der Waals surface area contributed by atoms with Gasteiger partial charge in [0.25, 0.3) is 11.6 Å². The summed E-state index contributed by atoms with van der Waals surface area (Å²) in [5, 5.41) is 13.4. The van der Waals surface area contributed by atoms with Gasteiger partial charge in [-0.05, 0) is 26.3 Å². The second kappa shape index (κ2) is 6.11. The number of nitrogens with two attached hydrogens (primary N) is 1. The summed E-state index contributed by atoms with van der Waals surface area (Å²) in [6.45, 7) is 3.94. The topological polar surface area (TPSA) is 98.3 Å². The standard InChI is InChI=1S/C12H17N3O3/c1-8-3-4-10(7-11(8)15(17)18)12(16)14-6-5-9(2)13/h3-4,7,9H,5-6,13H2,1-2H3,(H,14,16). The number of amides is 1. The Kier molecular flexibility index (Phi) is 4.79. The smallest absolute Gasteiger partial charge is 0.273 e. The van der Waals surface area contributed by atoms with E-state index < -0.39 is 4.92 Å². The fourth-order valence-electron chi connectivity index (χ4n) is 1.46. The molecule has 1 aromatic rings. The largest absolute Gasteiger partial charge is 0.352 e. The lowest BCUT2D eigenvalue weighted by molar-refractivity contribution is -0.385. The Morgan fingerprint density at radius 2 is 2.22 bits per heavy atom. The Balaban J connectivity index is 2.74. The average molecular weight is 251 g/mol. The van der Waals surface area contributed by atoms with E-state index in [1.54, 1.807) is 19.1 Å². The maximum atomic E-state index is 11.7. The summed E-state index contributed by atoms with van der Waals surface area (Å²) in [6, 6.07) is 4.44. The van der Waals surface area contributed by atoms with Crippen LogP contribution in [0.15, 0.2) is 18.2 Å². The fraction of sp³-hybridized carbons (Fsp3) is 0.417. The number of benzene rings is 1. The molecule has 0 aliphatic carbocycles. The molecule has 0 bridgehead atoms. The number of nitrogens with one attached hydrogen (secondary N) is 1. The van der Waals surface area contributed by atoms with Crippen molar-refractivity contribution < 1.29 is 9.72 Å². The molecular weight excluding hydrogens is 234 g/mol. The molecule has 0 radical (unpaired) electrons. The molecule has 1 rings (SSSR count). The lowest BCUT2D eigenvalue weighted by atomic mass is 10.1. The van der Waals surface area contributed by atoms with Gasteiger partial charge in [0, 0.05) is 29.8 Å². The highest BCUT2D eigenvalue weighted by atomic mass is 16.6. The normalized spacial score (nSPS) is 11.9. The van der Waals surface area contributed by atoms with Crippen molar-refractivity contribution in [2.24, 2.45) is 5.73 Å². The first-order valence-corrected chi connectivity index (χ1v) is 5.70. The first-order chi connectivity index (χ1) is 8.41. The second-order valence-electron chi connectivity index (χ2n) is 4.28. The SMILES string of the molecule is Cc1ccc(C(=O)NCCC(C)N)cc1[N+](=O)[O-]. The first-order valence-electron chi connectivity index (χ1n) is 5.70. The minimum absolute atomic E-state index is 0.0117. The lowest BCUT2D eigenvalue weighted by Gasteiger charge is -2.07. The van der Waals surface area contributed by atoms with Crippen LogP contribution in [0.1, 0.15) is 29.3 Å². The van der Waals surface area contributed by atoms with Gasteiger partial charge in [-0.3, -0.25) is 14.9 Å². The van der Waals surface area contributed by atoms with Crippen molar-refractivity contribution in [3.63, 3.8) is 0 Å². The Morgan fingerprint density at radius 3 is 2.78 bits per heavy atom. The number of aryl methyl sites for hydroxylation is 1. The molecule has 0 spiro atoms. The van der Waals surface area contributed by atoms with Gasteiger partial charge in [0.1, 0.15) is 0 Å². The summed E-state index contributed by atoms with van der Waals surface area (Å²) in [7, 11) is 0. The van der Waals surface area contributed by atoms with Crippen LogP contribution < -0.4 is 11.1 Å². The molecule has 6 heteroatoms. The predicted molar refractivity (Wildman–Crippen MR) is 68.4 cm³/mol. The van der Waals surface area contributed by atoms with Gasteiger partial charge in [0.05, 0.1) is 4.92 Å². The Bertz CT molecular complexity index is 458. The molecule has 1 atom stereocenters. The predicted octanol–water partition coefficient (Wildman–Crippen LogP) is 1.37. The zero-order valence-electron chi connectivity index (χ0n) is 10.5. The van der Waals surface area contributed by atoms with Gasteiger partial charge in [-0.25, -0.2) is 0 Å². The van der Waals surface area contributed by atoms with Crippen LogP contribution in [-0.2, 0) is 0 Å². The molecule has 0 aliphatic heterocycles. The molecule has 3 N–H and O–H groups in total. The summed E-state index contributed by atoms with van der Waals surface area (Å²) < 4.78 is 0. The summed E-state index contributed by atoms with van der Waals surface area (Å²) in [6.07, 6.45) is 0.666. The van der Waals surface area contributed by atoms with Crippen LogP contribution in [-0.4, -0.2) is 23.4 Å². The van der Waals surface area contributed by atoms with Gasteiger partial charge >= 0.3 is 0 Å². The molecule has 0 heterocycles. The third-order valence-corrected chi connectivity index (χ3v) is 2.55. The third kappa shape index (κ3) is 3.81. The molecule has 0 saturated heterocycles. The minimum atomic E-state index is -0.492. The van der Waals surface area contributed by atoms with Crippen LogP contribution in [0.4, 0.5) is 5.69 Å². The van der Waals surface area contributed by atoms with Gasteiger partial charge in [-0.2, -0.15) is 0 Å². The summed E-state index contributed by atoms with van der Waals surface area (Å²) >= 11 is 0. The number of hydrogen-bond donors (Lipinski definition) is 2. The van der Waals surface area contributed by atoms with Gasteiger partial charge < -0.3 is 11.1 Å². The summed E-state index contributed by atoms with van der Waals surface area (Å²) in [5.74, 6) is -0.321. The van der Waals surface area contributed by atoms with Gasteiger partial charge in [0.2, 0.25) is 0 Å². The van der Waals surface area contributed by atoms with Crippen LogP contribution in [0.2, 0.25) is 0 Å². The molecular formula is C12H17N3O3. The Labute approximate surface area is 105 Å². The van der Waals surface area contributed by atoms with Crippen molar-refractivity contribution in [1.29, 1.82) is 0 Å². The number of carbonyl (C=O) groups excluding carboxylic acids is 1. The summed E-state index contributed by atoms with van der Waals surface area (Å²) in [4.78, 5) is 22.0. The number of hydrogen-bond acceptors (Lipinski definition) is 4. The molecule has 1 amide bonds. The zero-order valence-corrected chi connectivity index (χ0v) is 10.5. The first kappa shape index (κ1) is 14.1. The molecule has 0 aliphatic rings. The lowest BCUT2D eigenvalue weighted by Crippen LogP contribution is -2.28. The van der Waals surface area contributed by atoms with Crippen LogP contribution in [0, 0.1) is 17.0 Å². The number of nitrogens with zero attached hydrogens (tertiary/aromatic N) is 1. The molecule has 6 nitrogen and oxygen atoms in total. The van der Waals surface area contributed by atoms with E-state index >= 15 is 0 Å². The highest BCUT2D eigenvalue weighted by molar-refractivity contribution is 5.94. The van der Waals surface area contributed by atoms with E-state index in [-0.39, 0.29) is 23.2 Å². The van der Waals surface area contributed by atoms with Crippen LogP contribution in [0.3, 0.4) is 0 Å². The Morgan fingerprint density at radius 1 is 1.56 bits per heavy atom. The molecule has 1 unspecified atom stereocenters. The van der Waals surface area contributed by atoms with Crippen molar-refractivity contribution in [3.05, 3.63) is 39.4 Å². The van der Waals surface area contributed by atoms with E-state index in [0.717, 1.165) is 0 Å². The minimum Gasteiger partial charge on any atom is -0.352 e. The van der Waals surface area contributed by atoms with Crippen molar-refractivity contribution in [2.45, 2.75) is 26.3 Å². The van der Waals surface area contributed by atoms with Gasteiger partial charge in [0.15, 0.2) is 0 Å². The van der Waals surface area contributed by atoms with Crippen LogP contribution >= 0.6 is 0 Å². The van der Waals surface area contributed by atoms with E-state index in [1.807, 2.05) is 6.92 Å². The molecule has 1 aromatic carbocycles. The molecule has 0 saturated carbocycles. The van der Waals surface area contributed by atoms with Crippen molar-refractivity contribution in [2.75, 3.05) is 6.54 Å². The van der Waals surface area contributed by atoms with E-state index in [2.05, 4.69) is 5.32 Å². The van der Waals surface area contributed by atoms with Crippen molar-refractivity contribution in [3.8, 4) is 0 Å². The van der Waals surface area contributed by atoms with Gasteiger partial charge in [-0.15, -0.1) is 0 Å². The molecule has 0 aromatic heterocycles. The number of carbonyl (C=O) groups is 1. The van der Waals surface area contributed by atoms with Crippen molar-refractivity contribution in [1.82, 2.24) is 5.32 Å².